The molecule has 0 amide bonds. The van der Waals surface area contributed by atoms with E-state index in [2.05, 4.69) is 27.7 Å². The molecular weight excluding hydrogens is 258 g/mol. The van der Waals surface area contributed by atoms with E-state index >= 15 is 0 Å². The molecule has 2 heterocycles. The summed E-state index contributed by atoms with van der Waals surface area (Å²) < 4.78 is 5.56. The number of nitrogens with one attached hydrogen (secondary N) is 1. The second-order valence-electron chi connectivity index (χ2n) is 4.08. The van der Waals surface area contributed by atoms with Gasteiger partial charge in [-0.3, -0.25) is 5.10 Å². The minimum absolute atomic E-state index is 0.555. The highest BCUT2D eigenvalue weighted by molar-refractivity contribution is 7.14. The zero-order valence-corrected chi connectivity index (χ0v) is 11.2. The highest BCUT2D eigenvalue weighted by Gasteiger charge is 2.18. The summed E-state index contributed by atoms with van der Waals surface area (Å²) in [6.45, 7) is 0. The van der Waals surface area contributed by atoms with Crippen molar-refractivity contribution in [1.82, 2.24) is 10.2 Å². The van der Waals surface area contributed by atoms with Gasteiger partial charge in [0.2, 0.25) is 0 Å². The van der Waals surface area contributed by atoms with Crippen LogP contribution in [0.3, 0.4) is 0 Å². The number of anilines is 1. The van der Waals surface area contributed by atoms with Crippen LogP contribution in [-0.2, 0) is 0 Å². The van der Waals surface area contributed by atoms with Crippen LogP contribution in [0.1, 0.15) is 0 Å². The summed E-state index contributed by atoms with van der Waals surface area (Å²) in [6, 6.07) is 10.1. The molecular formula is C14H13N3OS. The zero-order valence-electron chi connectivity index (χ0n) is 10.4. The van der Waals surface area contributed by atoms with Crippen LogP contribution in [0.15, 0.2) is 41.9 Å². The molecule has 0 unspecified atom stereocenters. The van der Waals surface area contributed by atoms with Crippen molar-refractivity contribution in [2.24, 2.45) is 0 Å². The molecule has 0 saturated carbocycles. The highest BCUT2D eigenvalue weighted by Crippen LogP contribution is 2.45. The molecule has 0 atom stereocenters. The lowest BCUT2D eigenvalue weighted by Gasteiger charge is -2.05. The van der Waals surface area contributed by atoms with Gasteiger partial charge in [0.15, 0.2) is 0 Å². The van der Waals surface area contributed by atoms with Crippen LogP contribution in [0.4, 0.5) is 5.82 Å². The van der Waals surface area contributed by atoms with Gasteiger partial charge in [-0.2, -0.15) is 5.10 Å². The average molecular weight is 271 g/mol. The van der Waals surface area contributed by atoms with Crippen molar-refractivity contribution in [3.05, 3.63) is 41.9 Å². The Hall–Kier alpha value is -2.27. The van der Waals surface area contributed by atoms with E-state index in [1.54, 1.807) is 24.6 Å². The first-order chi connectivity index (χ1) is 9.31. The van der Waals surface area contributed by atoms with Gasteiger partial charge >= 0.3 is 0 Å². The molecule has 0 fully saturated rings. The molecule has 0 aliphatic heterocycles. The number of hydrogen-bond acceptors (Lipinski definition) is 4. The van der Waals surface area contributed by atoms with E-state index in [0.29, 0.717) is 5.82 Å². The van der Waals surface area contributed by atoms with Gasteiger partial charge in [0.05, 0.1) is 23.7 Å². The molecule has 19 heavy (non-hydrogen) atoms. The van der Waals surface area contributed by atoms with Crippen LogP contribution in [0.2, 0.25) is 0 Å². The van der Waals surface area contributed by atoms with Crippen LogP contribution >= 0.6 is 11.3 Å². The topological polar surface area (TPSA) is 63.9 Å². The van der Waals surface area contributed by atoms with E-state index in [-0.39, 0.29) is 0 Å². The van der Waals surface area contributed by atoms with Crippen molar-refractivity contribution in [3.63, 3.8) is 0 Å². The second-order valence-corrected chi connectivity index (χ2v) is 4.95. The molecule has 96 valence electrons. The summed E-state index contributed by atoms with van der Waals surface area (Å²) in [5, 5.41) is 8.78. The summed E-state index contributed by atoms with van der Waals surface area (Å²) in [5.41, 5.74) is 8.96. The molecule has 0 bridgehead atoms. The Morgan fingerprint density at radius 3 is 2.63 bits per heavy atom. The van der Waals surface area contributed by atoms with Crippen molar-refractivity contribution in [3.8, 4) is 27.3 Å². The Kier molecular flexibility index (Phi) is 2.97. The van der Waals surface area contributed by atoms with Gasteiger partial charge in [-0.05, 0) is 5.56 Å². The van der Waals surface area contributed by atoms with Crippen molar-refractivity contribution >= 4 is 17.2 Å². The third-order valence-corrected chi connectivity index (χ3v) is 3.94. The number of hydrogen-bond donors (Lipinski definition) is 2. The molecule has 5 heteroatoms. The standard InChI is InChI=1S/C14H13N3OS/c1-18-12-11(9-5-3-2-4-6-9)8-19-13(12)10-7-16-17-14(10)15/h2-8H,1H3,(H3,15,16,17). The molecule has 0 aliphatic carbocycles. The molecule has 3 aromatic rings. The fourth-order valence-corrected chi connectivity index (χ4v) is 3.10. The largest absolute Gasteiger partial charge is 0.495 e. The minimum Gasteiger partial charge on any atom is -0.495 e. The lowest BCUT2D eigenvalue weighted by atomic mass is 10.1. The Balaban J connectivity index is 2.15. The Morgan fingerprint density at radius 2 is 2.00 bits per heavy atom. The van der Waals surface area contributed by atoms with Crippen LogP contribution in [0, 0.1) is 0 Å². The number of ether oxygens (including phenoxy) is 1. The van der Waals surface area contributed by atoms with Crippen LogP contribution in [0.25, 0.3) is 21.6 Å². The van der Waals surface area contributed by atoms with E-state index < -0.39 is 0 Å². The number of benzene rings is 1. The molecule has 4 nitrogen and oxygen atoms in total. The maximum atomic E-state index is 5.88. The minimum atomic E-state index is 0.555. The SMILES string of the molecule is COc1c(-c2ccccc2)csc1-c1cn[nH]c1N. The molecule has 1 aromatic carbocycles. The average Bonchev–Trinajstić information content (AvgIpc) is 3.04. The van der Waals surface area contributed by atoms with Crippen LogP contribution < -0.4 is 10.5 Å². The summed E-state index contributed by atoms with van der Waals surface area (Å²) in [4.78, 5) is 0.993. The van der Waals surface area contributed by atoms with Crippen molar-refractivity contribution in [1.29, 1.82) is 0 Å². The van der Waals surface area contributed by atoms with E-state index in [0.717, 1.165) is 27.3 Å². The fraction of sp³-hybridized carbons (Fsp3) is 0.0714. The second kappa shape index (κ2) is 4.78. The Morgan fingerprint density at radius 1 is 1.21 bits per heavy atom. The number of aromatic amines is 1. The molecule has 3 N–H and O–H groups in total. The Labute approximate surface area is 114 Å². The first-order valence-corrected chi connectivity index (χ1v) is 6.69. The molecule has 2 aromatic heterocycles. The first-order valence-electron chi connectivity index (χ1n) is 5.81. The maximum Gasteiger partial charge on any atom is 0.145 e. The van der Waals surface area contributed by atoms with Crippen molar-refractivity contribution < 1.29 is 4.74 Å². The number of nitrogens with two attached hydrogens (primary N) is 1. The third kappa shape index (κ3) is 1.98. The van der Waals surface area contributed by atoms with Crippen LogP contribution in [-0.4, -0.2) is 17.3 Å². The third-order valence-electron chi connectivity index (χ3n) is 2.95. The number of nitrogens with zero attached hydrogens (tertiary/aromatic N) is 1. The van der Waals surface area contributed by atoms with Gasteiger partial charge in [0.25, 0.3) is 0 Å². The maximum absolute atomic E-state index is 5.88. The van der Waals surface area contributed by atoms with Crippen molar-refractivity contribution in [2.75, 3.05) is 12.8 Å². The highest BCUT2D eigenvalue weighted by atomic mass is 32.1. The summed E-state index contributed by atoms with van der Waals surface area (Å²) in [5.74, 6) is 1.39. The van der Waals surface area contributed by atoms with Crippen LogP contribution in [0.5, 0.6) is 5.75 Å². The van der Waals surface area contributed by atoms with Gasteiger partial charge < -0.3 is 10.5 Å². The number of H-pyrrole nitrogens is 1. The van der Waals surface area contributed by atoms with Gasteiger partial charge in [-0.25, -0.2) is 0 Å². The van der Waals surface area contributed by atoms with E-state index in [9.17, 15) is 0 Å². The fourth-order valence-electron chi connectivity index (χ4n) is 2.03. The van der Waals surface area contributed by atoms with E-state index in [1.807, 2.05) is 18.2 Å². The number of thiophene rings is 1. The first kappa shape index (κ1) is 11.8. The quantitative estimate of drug-likeness (QED) is 0.767. The van der Waals surface area contributed by atoms with E-state index in [1.165, 1.54) is 0 Å². The lowest BCUT2D eigenvalue weighted by molar-refractivity contribution is 0.419. The molecule has 0 radical (unpaired) electrons. The predicted molar refractivity (Wildman–Crippen MR) is 78.3 cm³/mol. The van der Waals surface area contributed by atoms with Gasteiger partial charge in [-0.15, -0.1) is 11.3 Å². The van der Waals surface area contributed by atoms with Gasteiger partial charge in [0.1, 0.15) is 11.6 Å². The normalized spacial score (nSPS) is 10.6. The summed E-state index contributed by atoms with van der Waals surface area (Å²) >= 11 is 1.60. The molecule has 3 rings (SSSR count). The van der Waals surface area contributed by atoms with Crippen molar-refractivity contribution in [2.45, 2.75) is 0 Å². The summed E-state index contributed by atoms with van der Waals surface area (Å²) in [6.07, 6.45) is 1.72. The summed E-state index contributed by atoms with van der Waals surface area (Å²) in [7, 11) is 1.67. The van der Waals surface area contributed by atoms with Gasteiger partial charge in [-0.1, -0.05) is 30.3 Å². The predicted octanol–water partition coefficient (Wildman–Crippen LogP) is 3.40. The lowest BCUT2D eigenvalue weighted by Crippen LogP contribution is -1.89. The van der Waals surface area contributed by atoms with Gasteiger partial charge in [0, 0.05) is 10.9 Å². The smallest absolute Gasteiger partial charge is 0.145 e. The molecule has 0 aliphatic rings. The molecule has 0 spiro atoms. The number of nitrogen functional groups attached to an aromatic ring is 1. The monoisotopic (exact) mass is 271 g/mol. The van der Waals surface area contributed by atoms with E-state index in [4.69, 9.17) is 10.5 Å². The number of rotatable bonds is 3. The molecule has 0 saturated heterocycles. The number of methoxy groups -OCH3 is 1. The Bertz CT molecular complexity index is 688. The zero-order chi connectivity index (χ0) is 13.2. The number of aromatic nitrogens is 2.